The van der Waals surface area contributed by atoms with Crippen molar-refractivity contribution in [2.75, 3.05) is 27.2 Å². The quantitative estimate of drug-likeness (QED) is 0.403. The molecule has 1 aliphatic carbocycles. The van der Waals surface area contributed by atoms with Gasteiger partial charge in [0, 0.05) is 24.0 Å². The molecule has 0 spiro atoms. The van der Waals surface area contributed by atoms with Gasteiger partial charge in [0.25, 0.3) is 0 Å². The Balaban J connectivity index is 0.00000220. The molecule has 1 fully saturated rings. The second-order valence-electron chi connectivity index (χ2n) is 5.52. The van der Waals surface area contributed by atoms with Crippen LogP contribution in [-0.2, 0) is 6.54 Å². The average Bonchev–Trinajstić information content (AvgIpc) is 3.11. The van der Waals surface area contributed by atoms with Gasteiger partial charge in [0.15, 0.2) is 5.96 Å². The number of hydrogen-bond donors (Lipinski definition) is 2. The Bertz CT molecular complexity index is 413. The molecule has 1 aromatic heterocycles. The van der Waals surface area contributed by atoms with Gasteiger partial charge in [-0.2, -0.15) is 0 Å². The molecule has 2 rings (SSSR count). The van der Waals surface area contributed by atoms with Gasteiger partial charge in [-0.3, -0.25) is 0 Å². The summed E-state index contributed by atoms with van der Waals surface area (Å²) in [4.78, 5) is 8.28. The molecule has 0 aromatic carbocycles. The van der Waals surface area contributed by atoms with E-state index in [1.165, 1.54) is 17.7 Å². The van der Waals surface area contributed by atoms with Crippen LogP contribution in [0.5, 0.6) is 0 Å². The molecule has 1 aliphatic rings. The summed E-state index contributed by atoms with van der Waals surface area (Å²) < 4.78 is 0. The lowest BCUT2D eigenvalue weighted by Crippen LogP contribution is -2.46. The van der Waals surface area contributed by atoms with Gasteiger partial charge in [0.2, 0.25) is 0 Å². The zero-order valence-corrected chi connectivity index (χ0v) is 16.3. The van der Waals surface area contributed by atoms with E-state index in [0.29, 0.717) is 6.04 Å². The highest BCUT2D eigenvalue weighted by atomic mass is 127. The Morgan fingerprint density at radius 3 is 2.71 bits per heavy atom. The molecule has 0 bridgehead atoms. The van der Waals surface area contributed by atoms with Crippen LogP contribution in [0.3, 0.4) is 0 Å². The molecule has 1 atom stereocenters. The van der Waals surface area contributed by atoms with E-state index in [0.717, 1.165) is 31.5 Å². The highest BCUT2D eigenvalue weighted by molar-refractivity contribution is 14.0. The topological polar surface area (TPSA) is 39.7 Å². The van der Waals surface area contributed by atoms with Gasteiger partial charge in [-0.25, -0.2) is 4.99 Å². The van der Waals surface area contributed by atoms with Crippen molar-refractivity contribution in [3.63, 3.8) is 0 Å². The molecule has 0 amide bonds. The van der Waals surface area contributed by atoms with Crippen molar-refractivity contribution < 1.29 is 0 Å². The maximum Gasteiger partial charge on any atom is 0.191 e. The van der Waals surface area contributed by atoms with Crippen LogP contribution >= 0.6 is 35.3 Å². The van der Waals surface area contributed by atoms with Gasteiger partial charge in [0.05, 0.1) is 6.54 Å². The zero-order chi connectivity index (χ0) is 14.4. The molecule has 0 saturated heterocycles. The number of thiophene rings is 1. The molecule has 1 aromatic rings. The fraction of sp³-hybridized carbons (Fsp3) is 0.667. The maximum absolute atomic E-state index is 4.65. The molecular weight excluding hydrogens is 395 g/mol. The Hall–Kier alpha value is -0.340. The number of halogens is 1. The SMILES string of the molecule is CCNC(=NCc1cccs1)NCC(C1CC1)N(C)C.I. The van der Waals surface area contributed by atoms with E-state index < -0.39 is 0 Å². The number of likely N-dealkylation sites (N-methyl/N-ethyl adjacent to an activating group) is 1. The summed E-state index contributed by atoms with van der Waals surface area (Å²) in [5, 5.41) is 8.91. The summed E-state index contributed by atoms with van der Waals surface area (Å²) in [6, 6.07) is 4.82. The van der Waals surface area contributed by atoms with Crippen LogP contribution in [0.2, 0.25) is 0 Å². The van der Waals surface area contributed by atoms with Crippen molar-refractivity contribution in [2.24, 2.45) is 10.9 Å². The third kappa shape index (κ3) is 6.52. The summed E-state index contributed by atoms with van der Waals surface area (Å²) in [5.74, 6) is 1.78. The van der Waals surface area contributed by atoms with Crippen molar-refractivity contribution in [3.05, 3.63) is 22.4 Å². The van der Waals surface area contributed by atoms with E-state index in [1.54, 1.807) is 11.3 Å². The van der Waals surface area contributed by atoms with Crippen molar-refractivity contribution in [2.45, 2.75) is 32.4 Å². The average molecular weight is 422 g/mol. The minimum Gasteiger partial charge on any atom is -0.357 e. The third-order valence-electron chi connectivity index (χ3n) is 3.63. The first-order chi connectivity index (χ1) is 9.70. The van der Waals surface area contributed by atoms with E-state index in [4.69, 9.17) is 0 Å². The second-order valence-corrected chi connectivity index (χ2v) is 6.56. The van der Waals surface area contributed by atoms with E-state index >= 15 is 0 Å². The highest BCUT2D eigenvalue weighted by Gasteiger charge is 2.32. The molecule has 2 N–H and O–H groups in total. The fourth-order valence-corrected chi connectivity index (χ4v) is 2.98. The predicted molar refractivity (Wildman–Crippen MR) is 103 cm³/mol. The Labute approximate surface area is 149 Å². The largest absolute Gasteiger partial charge is 0.357 e. The first-order valence-electron chi connectivity index (χ1n) is 7.41. The molecular formula is C15H27IN4S. The minimum absolute atomic E-state index is 0. The monoisotopic (exact) mass is 422 g/mol. The molecule has 4 nitrogen and oxygen atoms in total. The molecule has 1 saturated carbocycles. The van der Waals surface area contributed by atoms with Crippen molar-refractivity contribution in [3.8, 4) is 0 Å². The number of hydrogen-bond acceptors (Lipinski definition) is 3. The van der Waals surface area contributed by atoms with E-state index in [2.05, 4.69) is 59.1 Å². The first kappa shape index (κ1) is 18.7. The van der Waals surface area contributed by atoms with Crippen LogP contribution < -0.4 is 10.6 Å². The van der Waals surface area contributed by atoms with Crippen LogP contribution in [0.4, 0.5) is 0 Å². The molecule has 0 radical (unpaired) electrons. The number of nitrogens with zero attached hydrogens (tertiary/aromatic N) is 2. The number of guanidine groups is 1. The Morgan fingerprint density at radius 2 is 2.19 bits per heavy atom. The van der Waals surface area contributed by atoms with Gasteiger partial charge < -0.3 is 15.5 Å². The molecule has 0 aliphatic heterocycles. The third-order valence-corrected chi connectivity index (χ3v) is 4.49. The summed E-state index contributed by atoms with van der Waals surface area (Å²) in [7, 11) is 4.33. The van der Waals surface area contributed by atoms with Crippen LogP contribution in [0.25, 0.3) is 0 Å². The first-order valence-corrected chi connectivity index (χ1v) is 8.29. The van der Waals surface area contributed by atoms with Gasteiger partial charge in [-0.1, -0.05) is 6.07 Å². The van der Waals surface area contributed by atoms with Gasteiger partial charge in [0.1, 0.15) is 0 Å². The van der Waals surface area contributed by atoms with Crippen LogP contribution in [-0.4, -0.2) is 44.1 Å². The standard InChI is InChI=1S/C15H26N4S.HI/c1-4-16-15(17-10-13-6-5-9-20-13)18-11-14(19(2)3)12-7-8-12;/h5-6,9,12,14H,4,7-8,10-11H2,1-3H3,(H2,16,17,18);1H. The Morgan fingerprint density at radius 1 is 1.43 bits per heavy atom. The normalized spacial score (nSPS) is 16.5. The lowest BCUT2D eigenvalue weighted by atomic mass is 10.1. The summed E-state index contributed by atoms with van der Waals surface area (Å²) >= 11 is 1.76. The Kier molecular flexibility index (Phi) is 8.58. The summed E-state index contributed by atoms with van der Waals surface area (Å²) in [5.41, 5.74) is 0. The summed E-state index contributed by atoms with van der Waals surface area (Å²) in [6.07, 6.45) is 2.74. The highest BCUT2D eigenvalue weighted by Crippen LogP contribution is 2.34. The lowest BCUT2D eigenvalue weighted by Gasteiger charge is -2.25. The second kappa shape index (κ2) is 9.63. The van der Waals surface area contributed by atoms with Crippen LogP contribution in [0.1, 0.15) is 24.6 Å². The lowest BCUT2D eigenvalue weighted by molar-refractivity contribution is 0.264. The molecule has 1 heterocycles. The molecule has 1 unspecified atom stereocenters. The number of aliphatic imine (C=N–C) groups is 1. The smallest absolute Gasteiger partial charge is 0.191 e. The van der Waals surface area contributed by atoms with Crippen molar-refractivity contribution >= 4 is 41.3 Å². The van der Waals surface area contributed by atoms with Crippen LogP contribution in [0.15, 0.2) is 22.5 Å². The minimum atomic E-state index is 0. The summed E-state index contributed by atoms with van der Waals surface area (Å²) in [6.45, 7) is 4.72. The zero-order valence-electron chi connectivity index (χ0n) is 13.1. The molecule has 6 heteroatoms. The van der Waals surface area contributed by atoms with E-state index in [9.17, 15) is 0 Å². The molecule has 21 heavy (non-hydrogen) atoms. The van der Waals surface area contributed by atoms with E-state index in [1.807, 2.05) is 0 Å². The van der Waals surface area contributed by atoms with Gasteiger partial charge in [-0.05, 0) is 51.2 Å². The van der Waals surface area contributed by atoms with Crippen molar-refractivity contribution in [1.82, 2.24) is 15.5 Å². The predicted octanol–water partition coefficient (Wildman–Crippen LogP) is 2.76. The number of rotatable bonds is 7. The van der Waals surface area contributed by atoms with Gasteiger partial charge in [-0.15, -0.1) is 35.3 Å². The van der Waals surface area contributed by atoms with Crippen LogP contribution in [0, 0.1) is 5.92 Å². The van der Waals surface area contributed by atoms with Gasteiger partial charge >= 0.3 is 0 Å². The fourth-order valence-electron chi connectivity index (χ4n) is 2.35. The van der Waals surface area contributed by atoms with Crippen molar-refractivity contribution in [1.29, 1.82) is 0 Å². The molecule has 120 valence electrons. The number of nitrogens with one attached hydrogen (secondary N) is 2. The van der Waals surface area contributed by atoms with E-state index in [-0.39, 0.29) is 24.0 Å². The maximum atomic E-state index is 4.65.